The zero-order valence-corrected chi connectivity index (χ0v) is 9.88. The van der Waals surface area contributed by atoms with Gasteiger partial charge in [-0.1, -0.05) is 6.07 Å². The van der Waals surface area contributed by atoms with Crippen molar-refractivity contribution in [3.63, 3.8) is 0 Å². The number of thiazole rings is 1. The van der Waals surface area contributed by atoms with Gasteiger partial charge >= 0.3 is 0 Å². The monoisotopic (exact) mass is 237 g/mol. The van der Waals surface area contributed by atoms with Crippen LogP contribution in [0, 0.1) is 12.9 Å². The number of aromatic nitrogens is 2. The molecule has 84 valence electrons. The molecule has 0 aromatic carbocycles. The topological polar surface area (TPSA) is 37.8 Å². The molecule has 0 aliphatic carbocycles. The van der Waals surface area contributed by atoms with E-state index in [1.54, 1.807) is 23.5 Å². The van der Waals surface area contributed by atoms with Crippen LogP contribution < -0.4 is 5.32 Å². The van der Waals surface area contributed by atoms with Crippen LogP contribution in [-0.4, -0.2) is 9.97 Å². The van der Waals surface area contributed by atoms with E-state index < -0.39 is 5.95 Å². The normalized spacial score (nSPS) is 12.4. The Bertz CT molecular complexity index is 484. The van der Waals surface area contributed by atoms with Gasteiger partial charge in [-0.3, -0.25) is 0 Å². The fraction of sp³-hybridized carbons (Fsp3) is 0.273. The molecule has 1 unspecified atom stereocenters. The molecule has 16 heavy (non-hydrogen) atoms. The minimum absolute atomic E-state index is 0.0352. The van der Waals surface area contributed by atoms with Crippen molar-refractivity contribution in [3.8, 4) is 0 Å². The van der Waals surface area contributed by atoms with Crippen LogP contribution in [0.4, 0.5) is 10.2 Å². The van der Waals surface area contributed by atoms with E-state index in [1.165, 1.54) is 6.07 Å². The summed E-state index contributed by atoms with van der Waals surface area (Å²) in [5.41, 5.74) is 1.00. The van der Waals surface area contributed by atoms with Crippen molar-refractivity contribution in [2.24, 2.45) is 0 Å². The van der Waals surface area contributed by atoms with E-state index in [0.717, 1.165) is 10.7 Å². The number of rotatable bonds is 3. The molecule has 1 N–H and O–H groups in total. The van der Waals surface area contributed by atoms with Crippen molar-refractivity contribution in [3.05, 3.63) is 40.2 Å². The smallest absolute Gasteiger partial charge is 0.214 e. The summed E-state index contributed by atoms with van der Waals surface area (Å²) in [5, 5.41) is 6.08. The van der Waals surface area contributed by atoms with Crippen molar-refractivity contribution in [2.45, 2.75) is 19.9 Å². The zero-order valence-electron chi connectivity index (χ0n) is 9.07. The Morgan fingerprint density at radius 2 is 2.19 bits per heavy atom. The molecule has 2 aromatic heterocycles. The summed E-state index contributed by atoms with van der Waals surface area (Å²) in [7, 11) is 0. The van der Waals surface area contributed by atoms with Gasteiger partial charge in [0.1, 0.15) is 10.8 Å². The van der Waals surface area contributed by atoms with E-state index in [4.69, 9.17) is 0 Å². The second kappa shape index (κ2) is 4.57. The van der Waals surface area contributed by atoms with Crippen molar-refractivity contribution in [2.75, 3.05) is 5.32 Å². The van der Waals surface area contributed by atoms with Gasteiger partial charge < -0.3 is 5.32 Å². The number of nitrogens with one attached hydrogen (secondary N) is 1. The third-order valence-corrected chi connectivity index (χ3v) is 3.23. The second-order valence-electron chi connectivity index (χ2n) is 3.54. The lowest BCUT2D eigenvalue weighted by Crippen LogP contribution is -2.08. The molecule has 0 aliphatic heterocycles. The number of aryl methyl sites for hydroxylation is 1. The number of pyridine rings is 1. The van der Waals surface area contributed by atoms with Crippen LogP contribution in [0.15, 0.2) is 23.6 Å². The van der Waals surface area contributed by atoms with E-state index >= 15 is 0 Å². The van der Waals surface area contributed by atoms with Gasteiger partial charge in [-0.25, -0.2) is 9.97 Å². The summed E-state index contributed by atoms with van der Waals surface area (Å²) < 4.78 is 12.9. The molecule has 5 heteroatoms. The average molecular weight is 237 g/mol. The highest BCUT2D eigenvalue weighted by Gasteiger charge is 2.09. The molecule has 1 atom stereocenters. The van der Waals surface area contributed by atoms with E-state index in [0.29, 0.717) is 5.82 Å². The van der Waals surface area contributed by atoms with E-state index in [2.05, 4.69) is 15.3 Å². The summed E-state index contributed by atoms with van der Waals surface area (Å²) in [4.78, 5) is 8.11. The van der Waals surface area contributed by atoms with Crippen LogP contribution in [0.5, 0.6) is 0 Å². The Morgan fingerprint density at radius 3 is 2.81 bits per heavy atom. The Kier molecular flexibility index (Phi) is 3.14. The number of hydrogen-bond donors (Lipinski definition) is 1. The maximum atomic E-state index is 12.9. The van der Waals surface area contributed by atoms with Crippen LogP contribution >= 0.6 is 11.3 Å². The predicted octanol–water partition coefficient (Wildman–Crippen LogP) is 3.16. The highest BCUT2D eigenvalue weighted by molar-refractivity contribution is 7.09. The number of hydrogen-bond acceptors (Lipinski definition) is 4. The van der Waals surface area contributed by atoms with E-state index in [9.17, 15) is 4.39 Å². The fourth-order valence-electron chi connectivity index (χ4n) is 1.34. The summed E-state index contributed by atoms with van der Waals surface area (Å²) >= 11 is 1.59. The van der Waals surface area contributed by atoms with Gasteiger partial charge in [0.2, 0.25) is 5.95 Å². The van der Waals surface area contributed by atoms with Gasteiger partial charge in [0.15, 0.2) is 0 Å². The minimum Gasteiger partial charge on any atom is -0.361 e. The molecule has 0 fully saturated rings. The lowest BCUT2D eigenvalue weighted by molar-refractivity contribution is 0.584. The first-order valence-corrected chi connectivity index (χ1v) is 5.84. The lowest BCUT2D eigenvalue weighted by atomic mass is 10.3. The van der Waals surface area contributed by atoms with E-state index in [-0.39, 0.29) is 6.04 Å². The number of anilines is 1. The number of halogens is 1. The summed E-state index contributed by atoms with van der Waals surface area (Å²) in [6, 6.07) is 4.72. The third-order valence-electron chi connectivity index (χ3n) is 2.09. The van der Waals surface area contributed by atoms with Crippen molar-refractivity contribution in [1.82, 2.24) is 9.97 Å². The molecule has 2 heterocycles. The first kappa shape index (κ1) is 11.0. The van der Waals surface area contributed by atoms with Crippen molar-refractivity contribution >= 4 is 17.2 Å². The molecule has 0 bridgehead atoms. The fourth-order valence-corrected chi connectivity index (χ4v) is 2.15. The molecule has 0 radical (unpaired) electrons. The van der Waals surface area contributed by atoms with Crippen LogP contribution in [0.1, 0.15) is 23.7 Å². The van der Waals surface area contributed by atoms with Crippen LogP contribution in [0.25, 0.3) is 0 Å². The summed E-state index contributed by atoms with van der Waals surface area (Å²) in [6.07, 6.45) is 0. The zero-order chi connectivity index (χ0) is 11.5. The molecule has 0 spiro atoms. The van der Waals surface area contributed by atoms with Crippen LogP contribution in [0.3, 0.4) is 0 Å². The highest BCUT2D eigenvalue weighted by atomic mass is 32.1. The third kappa shape index (κ3) is 2.55. The van der Waals surface area contributed by atoms with Gasteiger partial charge in [0.05, 0.1) is 6.04 Å². The molecule has 2 rings (SSSR count). The first-order chi connectivity index (χ1) is 7.65. The lowest BCUT2D eigenvalue weighted by Gasteiger charge is -2.11. The molecule has 0 amide bonds. The standard InChI is InChI=1S/C11H12FN3S/c1-7-6-16-11(13-7)8(2)14-10-5-3-4-9(12)15-10/h3-6,8H,1-2H3,(H,14,15). The molecular weight excluding hydrogens is 225 g/mol. The van der Waals surface area contributed by atoms with Crippen molar-refractivity contribution in [1.29, 1.82) is 0 Å². The molecule has 2 aromatic rings. The Balaban J connectivity index is 2.10. The van der Waals surface area contributed by atoms with Crippen molar-refractivity contribution < 1.29 is 4.39 Å². The SMILES string of the molecule is Cc1csc(C(C)Nc2cccc(F)n2)n1. The summed E-state index contributed by atoms with van der Waals surface area (Å²) in [5.74, 6) is 0.0490. The quantitative estimate of drug-likeness (QED) is 0.833. The average Bonchev–Trinajstić information content (AvgIpc) is 2.65. The predicted molar refractivity (Wildman–Crippen MR) is 63.1 cm³/mol. The molecule has 3 nitrogen and oxygen atoms in total. The highest BCUT2D eigenvalue weighted by Crippen LogP contribution is 2.21. The first-order valence-electron chi connectivity index (χ1n) is 4.96. The Hall–Kier alpha value is -1.49. The number of nitrogens with zero attached hydrogens (tertiary/aromatic N) is 2. The maximum absolute atomic E-state index is 12.9. The molecule has 0 saturated heterocycles. The van der Waals surface area contributed by atoms with Gasteiger partial charge in [0, 0.05) is 11.1 Å². The molecule has 0 aliphatic rings. The minimum atomic E-state index is -0.479. The molecular formula is C11H12FN3S. The second-order valence-corrected chi connectivity index (χ2v) is 4.43. The van der Waals surface area contributed by atoms with Crippen LogP contribution in [-0.2, 0) is 0 Å². The Morgan fingerprint density at radius 1 is 1.38 bits per heavy atom. The maximum Gasteiger partial charge on any atom is 0.214 e. The molecule has 0 saturated carbocycles. The Labute approximate surface area is 97.4 Å². The van der Waals surface area contributed by atoms with Gasteiger partial charge in [-0.2, -0.15) is 4.39 Å². The largest absolute Gasteiger partial charge is 0.361 e. The van der Waals surface area contributed by atoms with Crippen LogP contribution in [0.2, 0.25) is 0 Å². The van der Waals surface area contributed by atoms with Gasteiger partial charge in [-0.15, -0.1) is 11.3 Å². The van der Waals surface area contributed by atoms with E-state index in [1.807, 2.05) is 19.2 Å². The summed E-state index contributed by atoms with van der Waals surface area (Å²) in [6.45, 7) is 3.93. The van der Waals surface area contributed by atoms with Gasteiger partial charge in [-0.05, 0) is 26.0 Å². The van der Waals surface area contributed by atoms with Gasteiger partial charge in [0.25, 0.3) is 0 Å².